The average Bonchev–Trinajstić information content (AvgIpc) is 2.33. The van der Waals surface area contributed by atoms with Gasteiger partial charge in [0.1, 0.15) is 0 Å². The van der Waals surface area contributed by atoms with E-state index >= 15 is 0 Å². The molecule has 7 heteroatoms. The van der Waals surface area contributed by atoms with Crippen LogP contribution in [0.25, 0.3) is 0 Å². The van der Waals surface area contributed by atoms with E-state index in [1.165, 1.54) is 13.3 Å². The molecule has 2 rings (SSSR count). The number of ether oxygens (including phenoxy) is 1. The van der Waals surface area contributed by atoms with Gasteiger partial charge in [0.2, 0.25) is 5.88 Å². The number of carboxylic acid groups (broad SMARTS) is 1. The van der Waals surface area contributed by atoms with Crippen LogP contribution in [0, 0.1) is 5.92 Å². The molecule has 2 amide bonds. The van der Waals surface area contributed by atoms with Crippen LogP contribution < -0.4 is 10.1 Å². The molecule has 2 N–H and O–H groups in total. The minimum absolute atomic E-state index is 0.0530. The van der Waals surface area contributed by atoms with Gasteiger partial charge in [0.25, 0.3) is 0 Å². The summed E-state index contributed by atoms with van der Waals surface area (Å²) in [4.78, 5) is 27.8. The van der Waals surface area contributed by atoms with E-state index in [-0.39, 0.29) is 18.4 Å². The molecule has 0 unspecified atom stereocenters. The number of anilines is 1. The third kappa shape index (κ3) is 3.34. The predicted octanol–water partition coefficient (Wildman–Crippen LogP) is 1.03. The van der Waals surface area contributed by atoms with Crippen molar-refractivity contribution in [3.05, 3.63) is 18.3 Å². The van der Waals surface area contributed by atoms with Crippen LogP contribution in [0.4, 0.5) is 10.5 Å². The van der Waals surface area contributed by atoms with Gasteiger partial charge >= 0.3 is 12.0 Å². The van der Waals surface area contributed by atoms with E-state index in [4.69, 9.17) is 9.84 Å². The number of carbonyl (C=O) groups excluding carboxylic acids is 1. The van der Waals surface area contributed by atoms with E-state index < -0.39 is 5.97 Å². The second-order valence-corrected chi connectivity index (χ2v) is 4.39. The number of amides is 2. The highest BCUT2D eigenvalue weighted by molar-refractivity contribution is 5.89. The number of urea groups is 1. The zero-order chi connectivity index (χ0) is 13.8. The Balaban J connectivity index is 1.80. The molecule has 2 heterocycles. The van der Waals surface area contributed by atoms with Gasteiger partial charge in [-0.15, -0.1) is 0 Å². The minimum atomic E-state index is -0.829. The van der Waals surface area contributed by atoms with Crippen LogP contribution >= 0.6 is 0 Å². The molecule has 1 aromatic heterocycles. The molecule has 0 bridgehead atoms. The van der Waals surface area contributed by atoms with Crippen molar-refractivity contribution in [3.63, 3.8) is 0 Å². The number of pyridine rings is 1. The summed E-state index contributed by atoms with van der Waals surface area (Å²) in [6.07, 6.45) is 1.61. The lowest BCUT2D eigenvalue weighted by atomic mass is 9.97. The molecular formula is C12H15N3O4. The van der Waals surface area contributed by atoms with Crippen molar-refractivity contribution in [1.29, 1.82) is 0 Å². The molecule has 0 radical (unpaired) electrons. The second kappa shape index (κ2) is 5.55. The Morgan fingerprint density at radius 2 is 2.26 bits per heavy atom. The van der Waals surface area contributed by atoms with Gasteiger partial charge in [-0.1, -0.05) is 0 Å². The molecule has 7 nitrogen and oxygen atoms in total. The first-order valence-electron chi connectivity index (χ1n) is 5.86. The first-order chi connectivity index (χ1) is 9.08. The summed E-state index contributed by atoms with van der Waals surface area (Å²) in [6, 6.07) is 3.10. The van der Waals surface area contributed by atoms with Crippen molar-refractivity contribution < 1.29 is 19.4 Å². The van der Waals surface area contributed by atoms with E-state index in [9.17, 15) is 9.59 Å². The summed E-state index contributed by atoms with van der Waals surface area (Å²) in [7, 11) is 1.52. The topological polar surface area (TPSA) is 91.8 Å². The summed E-state index contributed by atoms with van der Waals surface area (Å²) in [6.45, 7) is 0.948. The number of hydrogen-bond acceptors (Lipinski definition) is 4. The number of nitrogens with zero attached hydrogens (tertiary/aromatic N) is 2. The van der Waals surface area contributed by atoms with E-state index in [0.717, 1.165) is 0 Å². The molecule has 102 valence electrons. The Labute approximate surface area is 110 Å². The Morgan fingerprint density at radius 1 is 1.53 bits per heavy atom. The monoisotopic (exact) mass is 265 g/mol. The highest BCUT2D eigenvalue weighted by Gasteiger charge is 2.32. The predicted molar refractivity (Wildman–Crippen MR) is 67.1 cm³/mol. The number of aromatic nitrogens is 1. The number of nitrogens with one attached hydrogen (secondary N) is 1. The summed E-state index contributed by atoms with van der Waals surface area (Å²) in [5, 5.41) is 11.3. The molecule has 0 spiro atoms. The van der Waals surface area contributed by atoms with Gasteiger partial charge in [0.15, 0.2) is 0 Å². The first kappa shape index (κ1) is 13.1. The summed E-state index contributed by atoms with van der Waals surface area (Å²) in [5.41, 5.74) is 0.576. The molecule has 1 aromatic rings. The van der Waals surface area contributed by atoms with Crippen LogP contribution in [0.2, 0.25) is 0 Å². The third-order valence-electron chi connectivity index (χ3n) is 2.90. The Morgan fingerprint density at radius 3 is 2.79 bits per heavy atom. The SMILES string of the molecule is COc1ccc(NC(=O)N2CC(CC(=O)O)C2)cn1. The highest BCUT2D eigenvalue weighted by atomic mass is 16.5. The Bertz CT molecular complexity index is 468. The fourth-order valence-corrected chi connectivity index (χ4v) is 1.89. The van der Waals surface area contributed by atoms with Crippen LogP contribution in [-0.2, 0) is 4.79 Å². The van der Waals surface area contributed by atoms with Gasteiger partial charge in [-0.3, -0.25) is 4.79 Å². The van der Waals surface area contributed by atoms with Crippen LogP contribution in [0.15, 0.2) is 18.3 Å². The lowest BCUT2D eigenvalue weighted by molar-refractivity contribution is -0.139. The third-order valence-corrected chi connectivity index (χ3v) is 2.90. The second-order valence-electron chi connectivity index (χ2n) is 4.39. The fraction of sp³-hybridized carbons (Fsp3) is 0.417. The van der Waals surface area contributed by atoms with Crippen molar-refractivity contribution in [2.24, 2.45) is 5.92 Å². The molecule has 19 heavy (non-hydrogen) atoms. The van der Waals surface area contributed by atoms with Crippen LogP contribution in [0.1, 0.15) is 6.42 Å². The zero-order valence-electron chi connectivity index (χ0n) is 10.5. The lowest BCUT2D eigenvalue weighted by Crippen LogP contribution is -2.52. The molecule has 1 aliphatic rings. The van der Waals surface area contributed by atoms with E-state index in [2.05, 4.69) is 10.3 Å². The fourth-order valence-electron chi connectivity index (χ4n) is 1.89. The molecule has 1 fully saturated rings. The molecule has 1 aliphatic heterocycles. The van der Waals surface area contributed by atoms with Gasteiger partial charge in [0.05, 0.1) is 25.4 Å². The van der Waals surface area contributed by atoms with Gasteiger partial charge < -0.3 is 20.1 Å². The zero-order valence-corrected chi connectivity index (χ0v) is 10.5. The van der Waals surface area contributed by atoms with Crippen molar-refractivity contribution >= 4 is 17.7 Å². The van der Waals surface area contributed by atoms with Crippen LogP contribution in [0.3, 0.4) is 0 Å². The summed E-state index contributed by atoms with van der Waals surface area (Å²) in [5.74, 6) is -0.301. The standard InChI is InChI=1S/C12H15N3O4/c1-19-10-3-2-9(5-13-10)14-12(18)15-6-8(7-15)4-11(16)17/h2-3,5,8H,4,6-7H2,1H3,(H,14,18)(H,16,17). The van der Waals surface area contributed by atoms with E-state index in [0.29, 0.717) is 24.7 Å². The molecule has 1 saturated heterocycles. The highest BCUT2D eigenvalue weighted by Crippen LogP contribution is 2.20. The number of hydrogen-bond donors (Lipinski definition) is 2. The number of carbonyl (C=O) groups is 2. The van der Waals surface area contributed by atoms with Gasteiger partial charge in [-0.05, 0) is 6.07 Å². The lowest BCUT2D eigenvalue weighted by Gasteiger charge is -2.38. The van der Waals surface area contributed by atoms with E-state index in [1.54, 1.807) is 17.0 Å². The van der Waals surface area contributed by atoms with Crippen molar-refractivity contribution in [2.75, 3.05) is 25.5 Å². The van der Waals surface area contributed by atoms with Crippen LogP contribution in [-0.4, -0.2) is 47.2 Å². The van der Waals surface area contributed by atoms with Crippen molar-refractivity contribution in [1.82, 2.24) is 9.88 Å². The Kier molecular flexibility index (Phi) is 3.84. The van der Waals surface area contributed by atoms with Crippen molar-refractivity contribution in [2.45, 2.75) is 6.42 Å². The van der Waals surface area contributed by atoms with Gasteiger partial charge in [0, 0.05) is 25.1 Å². The molecule has 0 aliphatic carbocycles. The first-order valence-corrected chi connectivity index (χ1v) is 5.86. The van der Waals surface area contributed by atoms with E-state index in [1.807, 2.05) is 0 Å². The number of aliphatic carboxylic acids is 1. The van der Waals surface area contributed by atoms with Gasteiger partial charge in [-0.25, -0.2) is 9.78 Å². The molecule has 0 saturated carbocycles. The Hall–Kier alpha value is -2.31. The van der Waals surface area contributed by atoms with Gasteiger partial charge in [-0.2, -0.15) is 0 Å². The quantitative estimate of drug-likeness (QED) is 0.848. The average molecular weight is 265 g/mol. The number of rotatable bonds is 4. The molecule has 0 atom stereocenters. The summed E-state index contributed by atoms with van der Waals surface area (Å²) >= 11 is 0. The maximum atomic E-state index is 11.8. The molecular weight excluding hydrogens is 250 g/mol. The number of methoxy groups -OCH3 is 1. The largest absolute Gasteiger partial charge is 0.481 e. The van der Waals surface area contributed by atoms with Crippen LogP contribution in [0.5, 0.6) is 5.88 Å². The normalized spacial score (nSPS) is 14.7. The molecule has 0 aromatic carbocycles. The minimum Gasteiger partial charge on any atom is -0.481 e. The maximum absolute atomic E-state index is 11.8. The van der Waals surface area contributed by atoms with Crippen molar-refractivity contribution in [3.8, 4) is 5.88 Å². The number of carboxylic acids is 1. The maximum Gasteiger partial charge on any atom is 0.321 e. The smallest absolute Gasteiger partial charge is 0.321 e. The summed E-state index contributed by atoms with van der Waals surface area (Å²) < 4.78 is 4.92. The number of likely N-dealkylation sites (tertiary alicyclic amines) is 1.